The number of carbonyl (C=O) groups is 2. The van der Waals surface area contributed by atoms with E-state index in [-0.39, 0.29) is 0 Å². The molecule has 0 aliphatic carbocycles. The predicted octanol–water partition coefficient (Wildman–Crippen LogP) is -0.0303. The van der Waals surface area contributed by atoms with Crippen molar-refractivity contribution in [1.82, 2.24) is 4.98 Å². The van der Waals surface area contributed by atoms with Crippen molar-refractivity contribution in [3.05, 3.63) is 30.1 Å². The van der Waals surface area contributed by atoms with E-state index in [2.05, 4.69) is 9.72 Å². The third-order valence-electron chi connectivity index (χ3n) is 1.01. The van der Waals surface area contributed by atoms with Crippen LogP contribution in [0.1, 0.15) is 10.5 Å². The Bertz CT molecular complexity index is 261. The molecule has 0 radical (unpaired) electrons. The molecule has 1 heterocycles. The molecule has 0 spiro atoms. The van der Waals surface area contributed by atoms with Crippen molar-refractivity contribution in [2.45, 2.75) is 0 Å². The van der Waals surface area contributed by atoms with Crippen LogP contribution < -0.4 is 5.73 Å². The summed E-state index contributed by atoms with van der Waals surface area (Å²) in [4.78, 5) is 23.0. The maximum Gasteiger partial charge on any atom is 0.292 e. The van der Waals surface area contributed by atoms with Gasteiger partial charge >= 0.3 is 0 Å². The number of aromatic nitrogens is 1. The molecule has 0 bridgehead atoms. The van der Waals surface area contributed by atoms with Gasteiger partial charge in [-0.05, 0) is 12.1 Å². The second-order valence-corrected chi connectivity index (χ2v) is 1.91. The van der Waals surface area contributed by atoms with Crippen molar-refractivity contribution >= 4 is 12.4 Å². The van der Waals surface area contributed by atoms with Gasteiger partial charge in [0.05, 0.1) is 7.11 Å². The summed E-state index contributed by atoms with van der Waals surface area (Å²) in [6.45, 7) is 0.375. The van der Waals surface area contributed by atoms with E-state index in [0.29, 0.717) is 12.2 Å². The second kappa shape index (κ2) is 6.78. The molecule has 5 heteroatoms. The number of ether oxygens (including phenoxy) is 1. The van der Waals surface area contributed by atoms with Crippen LogP contribution in [-0.4, -0.2) is 24.5 Å². The zero-order valence-corrected chi connectivity index (χ0v) is 7.14. The SMILES string of the molecule is COC=O.NC(=O)c1ccccn1. The van der Waals surface area contributed by atoms with Gasteiger partial charge in [0.25, 0.3) is 12.4 Å². The Morgan fingerprint density at radius 1 is 1.62 bits per heavy atom. The van der Waals surface area contributed by atoms with Gasteiger partial charge in [0.15, 0.2) is 0 Å². The zero-order chi connectivity index (χ0) is 10.1. The fraction of sp³-hybridized carbons (Fsp3) is 0.125. The minimum Gasteiger partial charge on any atom is -0.471 e. The standard InChI is InChI=1S/C6H6N2O.C2H4O2/c7-6(9)5-3-1-2-4-8-5;1-4-2-3/h1-4H,(H2,7,9);2H,1H3. The van der Waals surface area contributed by atoms with Crippen LogP contribution in [0.2, 0.25) is 0 Å². The summed E-state index contributed by atoms with van der Waals surface area (Å²) >= 11 is 0. The van der Waals surface area contributed by atoms with Crippen molar-refractivity contribution in [2.75, 3.05) is 7.11 Å². The van der Waals surface area contributed by atoms with Crippen LogP contribution in [0, 0.1) is 0 Å². The van der Waals surface area contributed by atoms with E-state index in [1.165, 1.54) is 13.3 Å². The van der Waals surface area contributed by atoms with Crippen LogP contribution in [0.25, 0.3) is 0 Å². The van der Waals surface area contributed by atoms with Crippen molar-refractivity contribution in [2.24, 2.45) is 5.73 Å². The highest BCUT2D eigenvalue weighted by Crippen LogP contribution is 1.88. The Balaban J connectivity index is 0.000000310. The van der Waals surface area contributed by atoms with E-state index in [0.717, 1.165) is 0 Å². The first-order valence-corrected chi connectivity index (χ1v) is 3.39. The molecule has 0 unspecified atom stereocenters. The average molecular weight is 182 g/mol. The molecule has 0 aliphatic heterocycles. The number of carbonyl (C=O) groups excluding carboxylic acids is 2. The summed E-state index contributed by atoms with van der Waals surface area (Å²) in [6, 6.07) is 5.02. The Labute approximate surface area is 75.5 Å². The number of methoxy groups -OCH3 is 1. The minimum absolute atomic E-state index is 0.303. The fourth-order valence-corrected chi connectivity index (χ4v) is 0.509. The van der Waals surface area contributed by atoms with E-state index < -0.39 is 5.91 Å². The Morgan fingerprint density at radius 3 is 2.46 bits per heavy atom. The number of nitrogens with zero attached hydrogens (tertiary/aromatic N) is 1. The Morgan fingerprint density at radius 2 is 2.23 bits per heavy atom. The first kappa shape index (κ1) is 11.1. The highest BCUT2D eigenvalue weighted by molar-refractivity contribution is 5.90. The van der Waals surface area contributed by atoms with Crippen molar-refractivity contribution in [3.63, 3.8) is 0 Å². The highest BCUT2D eigenvalue weighted by Gasteiger charge is 1.95. The quantitative estimate of drug-likeness (QED) is 0.651. The van der Waals surface area contributed by atoms with Crippen LogP contribution in [0.4, 0.5) is 0 Å². The summed E-state index contributed by atoms with van der Waals surface area (Å²) in [5.41, 5.74) is 5.22. The van der Waals surface area contributed by atoms with Gasteiger partial charge in [0.1, 0.15) is 5.69 Å². The normalized spacial score (nSPS) is 7.77. The van der Waals surface area contributed by atoms with Gasteiger partial charge in [-0.1, -0.05) is 6.07 Å². The monoisotopic (exact) mass is 182 g/mol. The maximum absolute atomic E-state index is 10.4. The lowest BCUT2D eigenvalue weighted by Gasteiger charge is -1.88. The van der Waals surface area contributed by atoms with Gasteiger partial charge in [0, 0.05) is 6.20 Å². The Kier molecular flexibility index (Phi) is 5.78. The number of rotatable bonds is 2. The first-order valence-electron chi connectivity index (χ1n) is 3.39. The van der Waals surface area contributed by atoms with Crippen LogP contribution >= 0.6 is 0 Å². The third-order valence-corrected chi connectivity index (χ3v) is 1.01. The number of hydrogen-bond acceptors (Lipinski definition) is 4. The molecule has 70 valence electrons. The molecule has 1 aromatic rings. The third kappa shape index (κ3) is 5.37. The molecular formula is C8H10N2O3. The number of nitrogens with two attached hydrogens (primary N) is 1. The molecule has 1 rings (SSSR count). The molecule has 2 N–H and O–H groups in total. The van der Waals surface area contributed by atoms with Crippen LogP contribution in [-0.2, 0) is 9.53 Å². The topological polar surface area (TPSA) is 82.3 Å². The van der Waals surface area contributed by atoms with Crippen LogP contribution in [0.15, 0.2) is 24.4 Å². The molecule has 0 saturated heterocycles. The molecule has 0 aliphatic rings. The summed E-state index contributed by atoms with van der Waals surface area (Å²) in [5.74, 6) is -0.490. The van der Waals surface area contributed by atoms with E-state index in [1.54, 1.807) is 18.2 Å². The van der Waals surface area contributed by atoms with E-state index in [4.69, 9.17) is 10.5 Å². The van der Waals surface area contributed by atoms with E-state index in [1.807, 2.05) is 0 Å². The van der Waals surface area contributed by atoms with Gasteiger partial charge in [-0.3, -0.25) is 14.6 Å². The first-order chi connectivity index (χ1) is 6.22. The average Bonchev–Trinajstić information content (AvgIpc) is 2.19. The molecule has 13 heavy (non-hydrogen) atoms. The number of pyridine rings is 1. The van der Waals surface area contributed by atoms with E-state index in [9.17, 15) is 4.79 Å². The molecule has 0 saturated carbocycles. The minimum atomic E-state index is -0.490. The van der Waals surface area contributed by atoms with Gasteiger partial charge in [-0.15, -0.1) is 0 Å². The van der Waals surface area contributed by atoms with Crippen LogP contribution in [0.5, 0.6) is 0 Å². The summed E-state index contributed by atoms with van der Waals surface area (Å²) in [5, 5.41) is 0. The Hall–Kier alpha value is -1.91. The summed E-state index contributed by atoms with van der Waals surface area (Å²) in [6.07, 6.45) is 1.53. The molecule has 0 fully saturated rings. The lowest BCUT2D eigenvalue weighted by Crippen LogP contribution is -2.12. The molecule has 1 aromatic heterocycles. The molecule has 1 amide bonds. The number of amides is 1. The van der Waals surface area contributed by atoms with Gasteiger partial charge in [0.2, 0.25) is 0 Å². The van der Waals surface area contributed by atoms with Crippen molar-refractivity contribution in [3.8, 4) is 0 Å². The summed E-state index contributed by atoms with van der Waals surface area (Å²) in [7, 11) is 1.31. The smallest absolute Gasteiger partial charge is 0.292 e. The lowest BCUT2D eigenvalue weighted by atomic mass is 10.3. The molecule has 5 nitrogen and oxygen atoms in total. The second-order valence-electron chi connectivity index (χ2n) is 1.91. The zero-order valence-electron chi connectivity index (χ0n) is 7.14. The van der Waals surface area contributed by atoms with Gasteiger partial charge < -0.3 is 10.5 Å². The van der Waals surface area contributed by atoms with Crippen molar-refractivity contribution in [1.29, 1.82) is 0 Å². The molecular weight excluding hydrogens is 172 g/mol. The fourth-order valence-electron chi connectivity index (χ4n) is 0.509. The lowest BCUT2D eigenvalue weighted by molar-refractivity contribution is -0.126. The molecule has 0 atom stereocenters. The highest BCUT2D eigenvalue weighted by atomic mass is 16.5. The number of primary amides is 1. The molecule has 0 aromatic carbocycles. The van der Waals surface area contributed by atoms with Gasteiger partial charge in [-0.25, -0.2) is 0 Å². The van der Waals surface area contributed by atoms with Crippen molar-refractivity contribution < 1.29 is 14.3 Å². The number of hydrogen-bond donors (Lipinski definition) is 1. The summed E-state index contributed by atoms with van der Waals surface area (Å²) < 4.78 is 3.86. The predicted molar refractivity (Wildman–Crippen MR) is 45.8 cm³/mol. The van der Waals surface area contributed by atoms with E-state index >= 15 is 0 Å². The van der Waals surface area contributed by atoms with Crippen LogP contribution in [0.3, 0.4) is 0 Å². The van der Waals surface area contributed by atoms with Gasteiger partial charge in [-0.2, -0.15) is 0 Å². The maximum atomic E-state index is 10.4. The largest absolute Gasteiger partial charge is 0.471 e.